The van der Waals surface area contributed by atoms with Crippen molar-refractivity contribution in [2.24, 2.45) is 5.92 Å². The Morgan fingerprint density at radius 2 is 1.85 bits per heavy atom. The molecular weight excluding hydrogens is 348 g/mol. The van der Waals surface area contributed by atoms with E-state index < -0.39 is 17.4 Å². The molecule has 0 bridgehead atoms. The van der Waals surface area contributed by atoms with Gasteiger partial charge in [0.05, 0.1) is 18.6 Å². The van der Waals surface area contributed by atoms with Gasteiger partial charge in [-0.15, -0.1) is 0 Å². The Kier molecular flexibility index (Phi) is 5.39. The van der Waals surface area contributed by atoms with Gasteiger partial charge in [-0.1, -0.05) is 12.1 Å². The van der Waals surface area contributed by atoms with Crippen molar-refractivity contribution < 1.29 is 24.2 Å². The van der Waals surface area contributed by atoms with Crippen molar-refractivity contribution in [3.8, 4) is 5.75 Å². The maximum Gasteiger partial charge on any atom is 0.309 e. The lowest BCUT2D eigenvalue weighted by Gasteiger charge is -2.45. The summed E-state index contributed by atoms with van der Waals surface area (Å²) in [6.07, 6.45) is 2.15. The predicted octanol–water partition coefficient (Wildman–Crippen LogP) is 1.55. The van der Waals surface area contributed by atoms with Gasteiger partial charge in [0.15, 0.2) is 0 Å². The van der Waals surface area contributed by atoms with Gasteiger partial charge >= 0.3 is 5.97 Å². The van der Waals surface area contributed by atoms with Gasteiger partial charge in [-0.25, -0.2) is 0 Å². The third-order valence-electron chi connectivity index (χ3n) is 6.14. The lowest BCUT2D eigenvalue weighted by atomic mass is 9.77. The first-order valence-electron chi connectivity index (χ1n) is 9.27. The molecule has 146 valence electrons. The Bertz CT molecular complexity index is 722. The monoisotopic (exact) mass is 374 g/mol. The van der Waals surface area contributed by atoms with E-state index in [9.17, 15) is 19.5 Å². The van der Waals surface area contributed by atoms with Crippen LogP contribution in [0.1, 0.15) is 31.2 Å². The molecule has 0 unspecified atom stereocenters. The van der Waals surface area contributed by atoms with Crippen LogP contribution < -0.4 is 4.74 Å². The van der Waals surface area contributed by atoms with Crippen LogP contribution in [0.4, 0.5) is 0 Å². The van der Waals surface area contributed by atoms with Crippen LogP contribution in [-0.2, 0) is 20.8 Å². The molecule has 7 heteroatoms. The molecule has 27 heavy (non-hydrogen) atoms. The van der Waals surface area contributed by atoms with Crippen molar-refractivity contribution in [1.82, 2.24) is 9.80 Å². The summed E-state index contributed by atoms with van der Waals surface area (Å²) in [7, 11) is 3.30. The van der Waals surface area contributed by atoms with Crippen molar-refractivity contribution in [3.63, 3.8) is 0 Å². The maximum absolute atomic E-state index is 12.6. The summed E-state index contributed by atoms with van der Waals surface area (Å²) in [5, 5.41) is 9.52. The molecule has 1 atom stereocenters. The van der Waals surface area contributed by atoms with Crippen LogP contribution >= 0.6 is 0 Å². The molecule has 2 fully saturated rings. The molecule has 1 spiro atoms. The summed E-state index contributed by atoms with van der Waals surface area (Å²) in [5.41, 5.74) is 0.417. The number of rotatable bonds is 5. The molecule has 3 rings (SSSR count). The number of amides is 2. The molecule has 2 aliphatic heterocycles. The van der Waals surface area contributed by atoms with E-state index in [2.05, 4.69) is 0 Å². The third kappa shape index (κ3) is 3.63. The normalized spacial score (nSPS) is 21.6. The van der Waals surface area contributed by atoms with Crippen molar-refractivity contribution in [3.05, 3.63) is 29.8 Å². The number of aryl methyl sites for hydroxylation is 1. The number of piperidine rings is 1. The van der Waals surface area contributed by atoms with Gasteiger partial charge in [0, 0.05) is 33.0 Å². The maximum atomic E-state index is 12.6. The number of hydrogen-bond donors (Lipinski definition) is 1. The average Bonchev–Trinajstić information content (AvgIpc) is 2.92. The lowest BCUT2D eigenvalue weighted by molar-refractivity contribution is -0.147. The van der Waals surface area contributed by atoms with Gasteiger partial charge in [-0.3, -0.25) is 14.4 Å². The number of nitrogens with zero attached hydrogens (tertiary/aromatic N) is 2. The van der Waals surface area contributed by atoms with Crippen LogP contribution in [0.3, 0.4) is 0 Å². The highest BCUT2D eigenvalue weighted by atomic mass is 16.5. The number of likely N-dealkylation sites (tertiary alicyclic amines) is 2. The zero-order chi connectivity index (χ0) is 19.6. The van der Waals surface area contributed by atoms with Crippen LogP contribution in [0.5, 0.6) is 5.75 Å². The van der Waals surface area contributed by atoms with Crippen LogP contribution in [0.2, 0.25) is 0 Å². The zero-order valence-electron chi connectivity index (χ0n) is 15.8. The van der Waals surface area contributed by atoms with Crippen LogP contribution in [0.15, 0.2) is 24.3 Å². The van der Waals surface area contributed by atoms with Crippen LogP contribution in [-0.4, -0.2) is 65.5 Å². The Labute approximate surface area is 158 Å². The number of carboxylic acids is 1. The molecule has 2 amide bonds. The molecule has 0 aromatic heterocycles. The van der Waals surface area contributed by atoms with Crippen molar-refractivity contribution >= 4 is 17.8 Å². The first-order chi connectivity index (χ1) is 12.9. The number of carboxylic acid groups (broad SMARTS) is 1. The van der Waals surface area contributed by atoms with Crippen LogP contribution in [0, 0.1) is 5.92 Å². The number of aliphatic carboxylic acids is 1. The SMILES string of the molecule is COc1ccc(CCC(=O)N2CCC3(CC2)[C@H](C(=O)O)CC(=O)N3C)cc1. The summed E-state index contributed by atoms with van der Waals surface area (Å²) in [6, 6.07) is 7.66. The second-order valence-electron chi connectivity index (χ2n) is 7.38. The smallest absolute Gasteiger partial charge is 0.309 e. The summed E-state index contributed by atoms with van der Waals surface area (Å²) >= 11 is 0. The minimum Gasteiger partial charge on any atom is -0.497 e. The molecule has 0 aliphatic carbocycles. The Morgan fingerprint density at radius 1 is 1.22 bits per heavy atom. The van der Waals surface area contributed by atoms with Gasteiger partial charge in [0.2, 0.25) is 11.8 Å². The third-order valence-corrected chi connectivity index (χ3v) is 6.14. The van der Waals surface area contributed by atoms with Crippen LogP contribution in [0.25, 0.3) is 0 Å². The van der Waals surface area contributed by atoms with Crippen molar-refractivity contribution in [1.29, 1.82) is 0 Å². The van der Waals surface area contributed by atoms with E-state index in [4.69, 9.17) is 4.74 Å². The van der Waals surface area contributed by atoms with E-state index in [1.807, 2.05) is 24.3 Å². The molecule has 7 nitrogen and oxygen atoms in total. The second kappa shape index (κ2) is 7.58. The number of ether oxygens (including phenoxy) is 1. The van der Waals surface area contributed by atoms with E-state index in [-0.39, 0.29) is 18.2 Å². The highest BCUT2D eigenvalue weighted by molar-refractivity contribution is 5.88. The van der Waals surface area contributed by atoms with Gasteiger partial charge in [-0.05, 0) is 37.0 Å². The first-order valence-corrected chi connectivity index (χ1v) is 9.27. The fourth-order valence-corrected chi connectivity index (χ4v) is 4.33. The van der Waals surface area contributed by atoms with E-state index in [1.54, 1.807) is 24.0 Å². The highest BCUT2D eigenvalue weighted by Gasteiger charge is 2.55. The average molecular weight is 374 g/mol. The number of hydrogen-bond acceptors (Lipinski definition) is 4. The summed E-state index contributed by atoms with van der Waals surface area (Å²) in [4.78, 5) is 39.6. The zero-order valence-corrected chi connectivity index (χ0v) is 15.8. The fraction of sp³-hybridized carbons (Fsp3) is 0.550. The van der Waals surface area contributed by atoms with E-state index in [0.29, 0.717) is 38.8 Å². The van der Waals surface area contributed by atoms with Crippen molar-refractivity contribution in [2.75, 3.05) is 27.2 Å². The molecule has 0 saturated carbocycles. The summed E-state index contributed by atoms with van der Waals surface area (Å²) in [5.74, 6) is -0.880. The van der Waals surface area contributed by atoms with Crippen molar-refractivity contribution in [2.45, 2.75) is 37.6 Å². The molecule has 2 heterocycles. The molecule has 1 aromatic carbocycles. The van der Waals surface area contributed by atoms with Gasteiger partial charge in [0.25, 0.3) is 0 Å². The first kappa shape index (κ1) is 19.2. The molecule has 2 saturated heterocycles. The summed E-state index contributed by atoms with van der Waals surface area (Å²) in [6.45, 7) is 0.978. The molecule has 2 aliphatic rings. The minimum atomic E-state index is -0.924. The number of carbonyl (C=O) groups is 3. The topological polar surface area (TPSA) is 87.1 Å². The van der Waals surface area contributed by atoms with Gasteiger partial charge in [-0.2, -0.15) is 0 Å². The summed E-state index contributed by atoms with van der Waals surface area (Å²) < 4.78 is 5.13. The fourth-order valence-electron chi connectivity index (χ4n) is 4.33. The minimum absolute atomic E-state index is 0.0528. The Morgan fingerprint density at radius 3 is 2.41 bits per heavy atom. The number of methoxy groups -OCH3 is 1. The van der Waals surface area contributed by atoms with Gasteiger partial charge < -0.3 is 19.6 Å². The lowest BCUT2D eigenvalue weighted by Crippen LogP contribution is -2.56. The molecular formula is C20H26N2O5. The molecule has 0 radical (unpaired) electrons. The van der Waals surface area contributed by atoms with Gasteiger partial charge in [0.1, 0.15) is 5.75 Å². The second-order valence-corrected chi connectivity index (χ2v) is 7.38. The number of carbonyl (C=O) groups excluding carboxylic acids is 2. The highest BCUT2D eigenvalue weighted by Crippen LogP contribution is 2.42. The van der Waals surface area contributed by atoms with E-state index in [0.717, 1.165) is 11.3 Å². The Balaban J connectivity index is 1.57. The molecule has 1 N–H and O–H groups in total. The predicted molar refractivity (Wildman–Crippen MR) is 98.4 cm³/mol. The number of benzene rings is 1. The van der Waals surface area contributed by atoms with E-state index >= 15 is 0 Å². The van der Waals surface area contributed by atoms with E-state index in [1.165, 1.54) is 0 Å². The quantitative estimate of drug-likeness (QED) is 0.845. The molecule has 1 aromatic rings. The Hall–Kier alpha value is -2.57. The standard InChI is InChI=1S/C20H26N2O5/c1-21-18(24)13-16(19(25)26)20(21)9-11-22(12-10-20)17(23)8-5-14-3-6-15(27-2)7-4-14/h3-4,6-7,16H,5,8-13H2,1-2H3,(H,25,26)/t16-/m0/s1. The largest absolute Gasteiger partial charge is 0.497 e.